The third-order valence-electron chi connectivity index (χ3n) is 5.45. The highest BCUT2D eigenvalue weighted by Crippen LogP contribution is 2.45. The van der Waals surface area contributed by atoms with E-state index in [0.717, 1.165) is 42.7 Å². The zero-order valence-electron chi connectivity index (χ0n) is 13.5. The summed E-state index contributed by atoms with van der Waals surface area (Å²) in [5.41, 5.74) is 1.23. The van der Waals surface area contributed by atoms with Gasteiger partial charge in [0.25, 0.3) is 0 Å². The van der Waals surface area contributed by atoms with Gasteiger partial charge in [0, 0.05) is 43.3 Å². The van der Waals surface area contributed by atoms with E-state index >= 15 is 0 Å². The first-order valence-corrected chi connectivity index (χ1v) is 9.24. The van der Waals surface area contributed by atoms with E-state index in [9.17, 15) is 0 Å². The van der Waals surface area contributed by atoms with Gasteiger partial charge in [0.15, 0.2) is 11.5 Å². The lowest BCUT2D eigenvalue weighted by Gasteiger charge is -2.41. The second kappa shape index (κ2) is 6.88. The maximum atomic E-state index is 6.66. The van der Waals surface area contributed by atoms with Crippen molar-refractivity contribution in [2.45, 2.75) is 38.1 Å². The molecule has 3 aliphatic rings. The van der Waals surface area contributed by atoms with Gasteiger partial charge in [-0.3, -0.25) is 4.90 Å². The smallest absolute Gasteiger partial charge is 0.231 e. The molecule has 23 heavy (non-hydrogen) atoms. The average Bonchev–Trinajstić information content (AvgIpc) is 3.04. The molecule has 1 N–H and O–H groups in total. The van der Waals surface area contributed by atoms with Crippen molar-refractivity contribution >= 4 is 11.6 Å². The van der Waals surface area contributed by atoms with Crippen LogP contribution < -0.4 is 14.8 Å². The summed E-state index contributed by atoms with van der Waals surface area (Å²) in [6.45, 7) is 4.60. The van der Waals surface area contributed by atoms with Gasteiger partial charge in [0.05, 0.1) is 0 Å². The molecule has 1 saturated carbocycles. The molecule has 0 amide bonds. The van der Waals surface area contributed by atoms with Crippen LogP contribution in [-0.2, 0) is 0 Å². The number of ether oxygens (including phenoxy) is 2. The molecule has 4 rings (SSSR count). The first-order chi connectivity index (χ1) is 11.3. The van der Waals surface area contributed by atoms with Gasteiger partial charge in [0.1, 0.15) is 0 Å². The van der Waals surface area contributed by atoms with Crippen molar-refractivity contribution in [1.29, 1.82) is 0 Å². The van der Waals surface area contributed by atoms with Gasteiger partial charge in [0.2, 0.25) is 6.79 Å². The van der Waals surface area contributed by atoms with Crippen molar-refractivity contribution in [3.8, 4) is 11.5 Å². The Bertz CT molecular complexity index is 536. The Morgan fingerprint density at radius 2 is 1.74 bits per heavy atom. The van der Waals surface area contributed by atoms with Crippen LogP contribution in [0.15, 0.2) is 12.1 Å². The summed E-state index contributed by atoms with van der Waals surface area (Å²) in [6, 6.07) is 4.47. The summed E-state index contributed by atoms with van der Waals surface area (Å²) in [5.74, 6) is 2.32. The van der Waals surface area contributed by atoms with Gasteiger partial charge >= 0.3 is 0 Å². The zero-order valence-corrected chi connectivity index (χ0v) is 14.3. The Morgan fingerprint density at radius 3 is 2.48 bits per heavy atom. The number of nitrogens with one attached hydrogen (secondary N) is 1. The van der Waals surface area contributed by atoms with Crippen molar-refractivity contribution < 1.29 is 9.47 Å². The Hall–Kier alpha value is -0.970. The minimum atomic E-state index is 0.302. The number of hydrogen-bond acceptors (Lipinski definition) is 4. The van der Waals surface area contributed by atoms with Gasteiger partial charge in [-0.25, -0.2) is 0 Å². The molecule has 0 aromatic heterocycles. The quantitative estimate of drug-likeness (QED) is 0.914. The van der Waals surface area contributed by atoms with Crippen molar-refractivity contribution in [2.24, 2.45) is 5.92 Å². The van der Waals surface area contributed by atoms with Crippen LogP contribution in [0, 0.1) is 5.92 Å². The van der Waals surface area contributed by atoms with Gasteiger partial charge in [-0.2, -0.15) is 0 Å². The molecule has 4 nitrogen and oxygen atoms in total. The largest absolute Gasteiger partial charge is 0.454 e. The fraction of sp³-hybridized carbons (Fsp3) is 0.667. The summed E-state index contributed by atoms with van der Waals surface area (Å²) in [6.07, 6.45) is 6.67. The fourth-order valence-electron chi connectivity index (χ4n) is 4.32. The molecule has 2 aliphatic heterocycles. The molecule has 0 bridgehead atoms. The van der Waals surface area contributed by atoms with Crippen LogP contribution in [0.5, 0.6) is 11.5 Å². The highest BCUT2D eigenvalue weighted by molar-refractivity contribution is 6.31. The first kappa shape index (κ1) is 15.6. The summed E-state index contributed by atoms with van der Waals surface area (Å²) >= 11 is 6.66. The SMILES string of the molecule is Clc1cc2c(cc1[C@@H](C1CCCCC1)N1CCNCC1)OCO2. The number of fused-ring (bicyclic) bond motifs is 1. The lowest BCUT2D eigenvalue weighted by atomic mass is 9.80. The number of nitrogens with zero attached hydrogens (tertiary/aromatic N) is 1. The Balaban J connectivity index is 1.68. The van der Waals surface area contributed by atoms with Crippen LogP contribution in [-0.4, -0.2) is 37.9 Å². The zero-order chi connectivity index (χ0) is 15.6. The molecule has 2 fully saturated rings. The van der Waals surface area contributed by atoms with Gasteiger partial charge in [-0.1, -0.05) is 30.9 Å². The van der Waals surface area contributed by atoms with Crippen molar-refractivity contribution in [3.05, 3.63) is 22.7 Å². The maximum Gasteiger partial charge on any atom is 0.231 e. The Labute approximate surface area is 143 Å². The van der Waals surface area contributed by atoms with Crippen molar-refractivity contribution in [3.63, 3.8) is 0 Å². The van der Waals surface area contributed by atoms with Crippen molar-refractivity contribution in [2.75, 3.05) is 33.0 Å². The standard InChI is InChI=1S/C18H25ClN2O2/c19-15-11-17-16(22-12-23-17)10-14(15)18(13-4-2-1-3-5-13)21-8-6-20-7-9-21/h10-11,13,18,20H,1-9,12H2/t18-/m1/s1. The topological polar surface area (TPSA) is 33.7 Å². The van der Waals surface area contributed by atoms with E-state index in [1.807, 2.05) is 6.07 Å². The molecule has 1 aromatic carbocycles. The van der Waals surface area contributed by atoms with E-state index in [4.69, 9.17) is 21.1 Å². The maximum absolute atomic E-state index is 6.66. The first-order valence-electron chi connectivity index (χ1n) is 8.87. The van der Waals surface area contributed by atoms with E-state index in [2.05, 4.69) is 16.3 Å². The van der Waals surface area contributed by atoms with E-state index in [-0.39, 0.29) is 0 Å². The molecular weight excluding hydrogens is 312 g/mol. The molecule has 126 valence electrons. The molecule has 1 aromatic rings. The van der Waals surface area contributed by atoms with Crippen LogP contribution in [0.25, 0.3) is 0 Å². The Kier molecular flexibility index (Phi) is 4.65. The monoisotopic (exact) mass is 336 g/mol. The fourth-order valence-corrected chi connectivity index (χ4v) is 4.58. The lowest BCUT2D eigenvalue weighted by Crippen LogP contribution is -2.47. The van der Waals surface area contributed by atoms with Crippen LogP contribution in [0.4, 0.5) is 0 Å². The number of hydrogen-bond donors (Lipinski definition) is 1. The van der Waals surface area contributed by atoms with E-state index in [1.165, 1.54) is 37.7 Å². The van der Waals surface area contributed by atoms with Gasteiger partial charge in [-0.15, -0.1) is 0 Å². The van der Waals surface area contributed by atoms with Crippen molar-refractivity contribution in [1.82, 2.24) is 10.2 Å². The molecular formula is C18H25ClN2O2. The van der Waals surface area contributed by atoms with Gasteiger partial charge in [-0.05, 0) is 30.4 Å². The number of piperazine rings is 1. The Morgan fingerprint density at radius 1 is 1.04 bits per heavy atom. The summed E-state index contributed by atoms with van der Waals surface area (Å²) < 4.78 is 11.1. The predicted molar refractivity (Wildman–Crippen MR) is 91.3 cm³/mol. The number of halogens is 1. The van der Waals surface area contributed by atoms with Crippen LogP contribution in [0.2, 0.25) is 5.02 Å². The second-order valence-corrected chi connectivity index (χ2v) is 7.26. The molecule has 1 aliphatic carbocycles. The average molecular weight is 337 g/mol. The number of benzene rings is 1. The third-order valence-corrected chi connectivity index (χ3v) is 5.78. The number of rotatable bonds is 3. The highest BCUT2D eigenvalue weighted by Gasteiger charge is 2.33. The van der Waals surface area contributed by atoms with Crippen LogP contribution in [0.1, 0.15) is 43.7 Å². The van der Waals surface area contributed by atoms with E-state index in [1.54, 1.807) is 0 Å². The summed E-state index contributed by atoms with van der Waals surface area (Å²) in [5, 5.41) is 4.28. The molecule has 1 saturated heterocycles. The molecule has 1 atom stereocenters. The molecule has 0 radical (unpaired) electrons. The summed E-state index contributed by atoms with van der Waals surface area (Å²) in [4.78, 5) is 2.62. The highest BCUT2D eigenvalue weighted by atomic mass is 35.5. The molecule has 5 heteroatoms. The minimum Gasteiger partial charge on any atom is -0.454 e. The summed E-state index contributed by atoms with van der Waals surface area (Å²) in [7, 11) is 0. The van der Waals surface area contributed by atoms with E-state index in [0.29, 0.717) is 18.8 Å². The molecule has 2 heterocycles. The van der Waals surface area contributed by atoms with Gasteiger partial charge < -0.3 is 14.8 Å². The molecule has 0 spiro atoms. The normalized spacial score (nSPS) is 23.9. The predicted octanol–water partition coefficient (Wildman–Crippen LogP) is 3.60. The minimum absolute atomic E-state index is 0.302. The van der Waals surface area contributed by atoms with Crippen LogP contribution in [0.3, 0.4) is 0 Å². The second-order valence-electron chi connectivity index (χ2n) is 6.86. The van der Waals surface area contributed by atoms with E-state index < -0.39 is 0 Å². The third kappa shape index (κ3) is 3.17. The van der Waals surface area contributed by atoms with Crippen LogP contribution >= 0.6 is 11.6 Å². The molecule has 0 unspecified atom stereocenters. The lowest BCUT2D eigenvalue weighted by molar-refractivity contribution is 0.103.